The second-order valence-electron chi connectivity index (χ2n) is 4.00. The summed E-state index contributed by atoms with van der Waals surface area (Å²) in [5.74, 6) is 3.02. The molecular formula is C12H18N4O2. The van der Waals surface area contributed by atoms with Crippen molar-refractivity contribution in [3.05, 3.63) is 15.8 Å². The molecule has 1 aromatic heterocycles. The van der Waals surface area contributed by atoms with Crippen LogP contribution in [0.25, 0.3) is 0 Å². The van der Waals surface area contributed by atoms with Crippen LogP contribution in [-0.4, -0.2) is 21.2 Å². The van der Waals surface area contributed by atoms with Crippen LogP contribution in [-0.2, 0) is 6.54 Å². The van der Waals surface area contributed by atoms with Crippen LogP contribution in [0.1, 0.15) is 31.9 Å². The SMILES string of the molecule is C#CCCCNc1c([N+](=O)[O-])c(C)nn1CCC. The van der Waals surface area contributed by atoms with E-state index < -0.39 is 4.92 Å². The van der Waals surface area contributed by atoms with Gasteiger partial charge in [-0.25, -0.2) is 4.68 Å². The van der Waals surface area contributed by atoms with E-state index in [0.29, 0.717) is 31.0 Å². The first kappa shape index (κ1) is 14.0. The molecule has 98 valence electrons. The van der Waals surface area contributed by atoms with Gasteiger partial charge in [0.1, 0.15) is 5.69 Å². The average molecular weight is 250 g/mol. The molecule has 0 fully saturated rings. The smallest absolute Gasteiger partial charge is 0.333 e. The molecule has 0 aliphatic heterocycles. The van der Waals surface area contributed by atoms with Gasteiger partial charge in [0.2, 0.25) is 5.82 Å². The Bertz CT molecular complexity index is 459. The Morgan fingerprint density at radius 1 is 1.61 bits per heavy atom. The molecule has 1 heterocycles. The van der Waals surface area contributed by atoms with Gasteiger partial charge in [-0.2, -0.15) is 5.10 Å². The van der Waals surface area contributed by atoms with E-state index in [1.165, 1.54) is 0 Å². The van der Waals surface area contributed by atoms with Crippen LogP contribution >= 0.6 is 0 Å². The van der Waals surface area contributed by atoms with E-state index in [1.54, 1.807) is 11.6 Å². The van der Waals surface area contributed by atoms with Crippen molar-refractivity contribution in [3.8, 4) is 12.3 Å². The van der Waals surface area contributed by atoms with Gasteiger partial charge in [-0.05, 0) is 19.8 Å². The third kappa shape index (κ3) is 3.23. The summed E-state index contributed by atoms with van der Waals surface area (Å²) in [5, 5.41) is 18.3. The molecule has 0 amide bonds. The van der Waals surface area contributed by atoms with E-state index >= 15 is 0 Å². The Morgan fingerprint density at radius 3 is 2.89 bits per heavy atom. The number of rotatable bonds is 7. The Labute approximate surface area is 107 Å². The standard InChI is InChI=1S/C12H18N4O2/c1-4-6-7-8-13-12-11(16(17)18)10(3)14-15(12)9-5-2/h1,13H,5-9H2,2-3H3. The van der Waals surface area contributed by atoms with Gasteiger partial charge in [0.25, 0.3) is 0 Å². The van der Waals surface area contributed by atoms with Crippen LogP contribution in [0.4, 0.5) is 11.5 Å². The fraction of sp³-hybridized carbons (Fsp3) is 0.583. The lowest BCUT2D eigenvalue weighted by molar-refractivity contribution is -0.384. The number of hydrogen-bond donors (Lipinski definition) is 1. The first-order valence-electron chi connectivity index (χ1n) is 6.01. The van der Waals surface area contributed by atoms with Crippen LogP contribution in [0.15, 0.2) is 0 Å². The summed E-state index contributed by atoms with van der Waals surface area (Å²) in [5.41, 5.74) is 0.497. The molecule has 1 aromatic rings. The molecule has 0 radical (unpaired) electrons. The molecule has 0 saturated carbocycles. The normalized spacial score (nSPS) is 10.1. The van der Waals surface area contributed by atoms with Crippen molar-refractivity contribution in [3.63, 3.8) is 0 Å². The topological polar surface area (TPSA) is 73.0 Å². The minimum Gasteiger partial charge on any atom is -0.364 e. The third-order valence-corrected chi connectivity index (χ3v) is 2.50. The van der Waals surface area contributed by atoms with Crippen molar-refractivity contribution < 1.29 is 4.92 Å². The maximum absolute atomic E-state index is 11.0. The summed E-state index contributed by atoms with van der Waals surface area (Å²) in [6, 6.07) is 0. The maximum atomic E-state index is 11.0. The second-order valence-corrected chi connectivity index (χ2v) is 4.00. The summed E-state index contributed by atoms with van der Waals surface area (Å²) < 4.78 is 1.66. The van der Waals surface area contributed by atoms with Crippen molar-refractivity contribution in [2.45, 2.75) is 39.7 Å². The van der Waals surface area contributed by atoms with Crippen LogP contribution in [0, 0.1) is 29.4 Å². The van der Waals surface area contributed by atoms with E-state index in [2.05, 4.69) is 16.3 Å². The van der Waals surface area contributed by atoms with Gasteiger partial charge >= 0.3 is 5.69 Å². The van der Waals surface area contributed by atoms with Crippen molar-refractivity contribution in [2.24, 2.45) is 0 Å². The van der Waals surface area contributed by atoms with Crippen molar-refractivity contribution >= 4 is 11.5 Å². The van der Waals surface area contributed by atoms with Crippen molar-refractivity contribution in [1.82, 2.24) is 9.78 Å². The number of nitrogens with one attached hydrogen (secondary N) is 1. The Kier molecular flexibility index (Phi) is 5.18. The van der Waals surface area contributed by atoms with Gasteiger partial charge < -0.3 is 5.32 Å². The zero-order valence-corrected chi connectivity index (χ0v) is 10.8. The number of aromatic nitrogens is 2. The lowest BCUT2D eigenvalue weighted by Gasteiger charge is -2.07. The highest BCUT2D eigenvalue weighted by Gasteiger charge is 2.24. The van der Waals surface area contributed by atoms with E-state index in [1.807, 2.05) is 6.92 Å². The maximum Gasteiger partial charge on any atom is 0.333 e. The summed E-state index contributed by atoms with van der Waals surface area (Å²) in [7, 11) is 0. The molecule has 0 atom stereocenters. The van der Waals surface area contributed by atoms with E-state index in [9.17, 15) is 10.1 Å². The van der Waals surface area contributed by atoms with Crippen LogP contribution < -0.4 is 5.32 Å². The van der Waals surface area contributed by atoms with Crippen LogP contribution in [0.5, 0.6) is 0 Å². The highest BCUT2D eigenvalue weighted by atomic mass is 16.6. The van der Waals surface area contributed by atoms with E-state index in [4.69, 9.17) is 6.42 Å². The zero-order chi connectivity index (χ0) is 13.5. The van der Waals surface area contributed by atoms with Crippen molar-refractivity contribution in [2.75, 3.05) is 11.9 Å². The first-order valence-corrected chi connectivity index (χ1v) is 6.01. The molecule has 1 rings (SSSR count). The highest BCUT2D eigenvalue weighted by Crippen LogP contribution is 2.28. The minimum absolute atomic E-state index is 0.0594. The molecule has 1 N–H and O–H groups in total. The number of terminal acetylenes is 1. The number of hydrogen-bond acceptors (Lipinski definition) is 4. The number of nitrogens with zero attached hydrogens (tertiary/aromatic N) is 3. The fourth-order valence-electron chi connectivity index (χ4n) is 1.74. The van der Waals surface area contributed by atoms with E-state index in [0.717, 1.165) is 12.8 Å². The van der Waals surface area contributed by atoms with Gasteiger partial charge in [0, 0.05) is 19.5 Å². The molecule has 0 aromatic carbocycles. The van der Waals surface area contributed by atoms with Gasteiger partial charge in [-0.15, -0.1) is 12.3 Å². The molecular weight excluding hydrogens is 232 g/mol. The molecule has 0 unspecified atom stereocenters. The van der Waals surface area contributed by atoms with Gasteiger partial charge in [-0.3, -0.25) is 10.1 Å². The Balaban J connectivity index is 2.90. The predicted octanol–water partition coefficient (Wildman–Crippen LogP) is 2.34. The third-order valence-electron chi connectivity index (χ3n) is 2.50. The van der Waals surface area contributed by atoms with Gasteiger partial charge in [0.15, 0.2) is 0 Å². The number of anilines is 1. The van der Waals surface area contributed by atoms with E-state index in [-0.39, 0.29) is 5.69 Å². The second kappa shape index (κ2) is 6.64. The van der Waals surface area contributed by atoms with Gasteiger partial charge in [-0.1, -0.05) is 6.92 Å². The summed E-state index contributed by atoms with van der Waals surface area (Å²) in [6.07, 6.45) is 7.47. The molecule has 18 heavy (non-hydrogen) atoms. The molecule has 0 aliphatic carbocycles. The average Bonchev–Trinajstić information content (AvgIpc) is 2.62. The number of aryl methyl sites for hydroxylation is 2. The monoisotopic (exact) mass is 250 g/mol. The largest absolute Gasteiger partial charge is 0.364 e. The summed E-state index contributed by atoms with van der Waals surface area (Å²) >= 11 is 0. The molecule has 0 spiro atoms. The minimum atomic E-state index is -0.391. The lowest BCUT2D eigenvalue weighted by Crippen LogP contribution is -2.10. The first-order chi connectivity index (χ1) is 8.61. The van der Waals surface area contributed by atoms with Crippen LogP contribution in [0.2, 0.25) is 0 Å². The quantitative estimate of drug-likeness (QED) is 0.349. The number of unbranched alkanes of at least 4 members (excludes halogenated alkanes) is 1. The fourth-order valence-corrected chi connectivity index (χ4v) is 1.74. The molecule has 0 saturated heterocycles. The Hall–Kier alpha value is -2.03. The van der Waals surface area contributed by atoms with Gasteiger partial charge in [0.05, 0.1) is 4.92 Å². The molecule has 6 nitrogen and oxygen atoms in total. The molecule has 0 bridgehead atoms. The molecule has 6 heteroatoms. The predicted molar refractivity (Wildman–Crippen MR) is 70.5 cm³/mol. The lowest BCUT2D eigenvalue weighted by atomic mass is 10.3. The highest BCUT2D eigenvalue weighted by molar-refractivity contribution is 5.59. The summed E-state index contributed by atoms with van der Waals surface area (Å²) in [6.45, 7) is 4.92. The van der Waals surface area contributed by atoms with Crippen molar-refractivity contribution in [1.29, 1.82) is 0 Å². The number of nitro groups is 1. The van der Waals surface area contributed by atoms with Crippen LogP contribution in [0.3, 0.4) is 0 Å². The molecule has 0 aliphatic rings. The Morgan fingerprint density at radius 2 is 2.33 bits per heavy atom. The zero-order valence-electron chi connectivity index (χ0n) is 10.8. The summed E-state index contributed by atoms with van der Waals surface area (Å²) in [4.78, 5) is 10.6.